The van der Waals surface area contributed by atoms with E-state index in [1.54, 1.807) is 36.4 Å². The highest BCUT2D eigenvalue weighted by Gasteiger charge is 2.30. The standard InChI is InChI=1S/C23H28Cl2N2O4/c1-5-19(23(29)26-15(2)3)27(13-16-17(24)9-8-10-18(16)25)22(28)14-31-21-12-7-6-11-20(21)30-4/h6-12,15,19H,5,13-14H2,1-4H3,(H,26,29)/t19-/m0/s1. The van der Waals surface area contributed by atoms with Crippen LogP contribution in [0.1, 0.15) is 32.8 Å². The topological polar surface area (TPSA) is 67.9 Å². The van der Waals surface area contributed by atoms with Crippen LogP contribution in [-0.2, 0) is 16.1 Å². The number of amides is 2. The number of nitrogens with one attached hydrogen (secondary N) is 1. The van der Waals surface area contributed by atoms with Crippen LogP contribution in [0, 0.1) is 0 Å². The molecule has 0 aromatic heterocycles. The zero-order valence-corrected chi connectivity index (χ0v) is 19.7. The van der Waals surface area contributed by atoms with Gasteiger partial charge in [-0.15, -0.1) is 0 Å². The van der Waals surface area contributed by atoms with Crippen LogP contribution in [0.15, 0.2) is 42.5 Å². The summed E-state index contributed by atoms with van der Waals surface area (Å²) in [5, 5.41) is 3.73. The maximum absolute atomic E-state index is 13.2. The fourth-order valence-electron chi connectivity index (χ4n) is 3.11. The minimum atomic E-state index is -0.705. The molecule has 0 radical (unpaired) electrons. The molecule has 1 N–H and O–H groups in total. The number of hydrogen-bond donors (Lipinski definition) is 1. The summed E-state index contributed by atoms with van der Waals surface area (Å²) in [6.45, 7) is 5.39. The van der Waals surface area contributed by atoms with Crippen molar-refractivity contribution in [3.05, 3.63) is 58.1 Å². The number of nitrogens with zero attached hydrogens (tertiary/aromatic N) is 1. The third-order valence-corrected chi connectivity index (χ3v) is 5.34. The van der Waals surface area contributed by atoms with Gasteiger partial charge in [0.1, 0.15) is 6.04 Å². The van der Waals surface area contributed by atoms with Gasteiger partial charge in [0.25, 0.3) is 5.91 Å². The van der Waals surface area contributed by atoms with E-state index in [9.17, 15) is 9.59 Å². The number of hydrogen-bond acceptors (Lipinski definition) is 4. The molecular formula is C23H28Cl2N2O4. The molecule has 0 saturated carbocycles. The number of ether oxygens (including phenoxy) is 2. The maximum atomic E-state index is 13.2. The van der Waals surface area contributed by atoms with Gasteiger partial charge in [-0.25, -0.2) is 0 Å². The molecule has 0 bridgehead atoms. The normalized spacial score (nSPS) is 11.7. The van der Waals surface area contributed by atoms with Crippen LogP contribution in [-0.4, -0.2) is 42.5 Å². The van der Waals surface area contributed by atoms with Gasteiger partial charge in [0, 0.05) is 28.2 Å². The summed E-state index contributed by atoms with van der Waals surface area (Å²) in [6.07, 6.45) is 0.418. The van der Waals surface area contributed by atoms with Crippen molar-refractivity contribution in [3.63, 3.8) is 0 Å². The third-order valence-electron chi connectivity index (χ3n) is 4.63. The molecular weight excluding hydrogens is 439 g/mol. The van der Waals surface area contributed by atoms with E-state index < -0.39 is 6.04 Å². The SMILES string of the molecule is CC[C@@H](C(=O)NC(C)C)N(Cc1c(Cl)cccc1Cl)C(=O)COc1ccccc1OC. The molecule has 2 aromatic rings. The van der Waals surface area contributed by atoms with Crippen molar-refractivity contribution in [3.8, 4) is 11.5 Å². The zero-order chi connectivity index (χ0) is 23.0. The van der Waals surface area contributed by atoms with Crippen LogP contribution < -0.4 is 14.8 Å². The average Bonchev–Trinajstić information content (AvgIpc) is 2.73. The van der Waals surface area contributed by atoms with Crippen LogP contribution in [0.25, 0.3) is 0 Å². The molecule has 0 aliphatic rings. The van der Waals surface area contributed by atoms with Gasteiger partial charge in [-0.1, -0.05) is 48.3 Å². The summed E-state index contributed by atoms with van der Waals surface area (Å²) >= 11 is 12.7. The third kappa shape index (κ3) is 6.77. The summed E-state index contributed by atoms with van der Waals surface area (Å²) in [5.74, 6) is 0.341. The quantitative estimate of drug-likeness (QED) is 0.550. The van der Waals surface area contributed by atoms with Crippen molar-refractivity contribution in [2.24, 2.45) is 0 Å². The van der Waals surface area contributed by atoms with E-state index in [0.29, 0.717) is 33.5 Å². The second-order valence-electron chi connectivity index (χ2n) is 7.25. The molecule has 168 valence electrons. The van der Waals surface area contributed by atoms with Crippen molar-refractivity contribution < 1.29 is 19.1 Å². The largest absolute Gasteiger partial charge is 0.493 e. The number of para-hydroxylation sites is 2. The molecule has 6 nitrogen and oxygen atoms in total. The van der Waals surface area contributed by atoms with Crippen LogP contribution in [0.2, 0.25) is 10.0 Å². The predicted octanol–water partition coefficient (Wildman–Crippen LogP) is 4.71. The summed E-state index contributed by atoms with van der Waals surface area (Å²) in [4.78, 5) is 27.5. The van der Waals surface area contributed by atoms with Gasteiger partial charge in [0.15, 0.2) is 18.1 Å². The molecule has 8 heteroatoms. The number of rotatable bonds is 10. The predicted molar refractivity (Wildman–Crippen MR) is 123 cm³/mol. The molecule has 0 spiro atoms. The Morgan fingerprint density at radius 3 is 2.19 bits per heavy atom. The number of benzene rings is 2. The van der Waals surface area contributed by atoms with Crippen molar-refractivity contribution in [2.45, 2.75) is 45.8 Å². The Hall–Kier alpha value is -2.44. The number of carbonyl (C=O) groups excluding carboxylic acids is 2. The fraction of sp³-hybridized carbons (Fsp3) is 0.391. The Morgan fingerprint density at radius 2 is 1.65 bits per heavy atom. The fourth-order valence-corrected chi connectivity index (χ4v) is 3.63. The molecule has 0 saturated heterocycles. The van der Waals surface area contributed by atoms with E-state index >= 15 is 0 Å². The smallest absolute Gasteiger partial charge is 0.261 e. The van der Waals surface area contributed by atoms with Crippen LogP contribution in [0.5, 0.6) is 11.5 Å². The van der Waals surface area contributed by atoms with Crippen LogP contribution in [0.4, 0.5) is 0 Å². The average molecular weight is 467 g/mol. The lowest BCUT2D eigenvalue weighted by Crippen LogP contribution is -2.51. The molecule has 0 fully saturated rings. The van der Waals surface area contributed by atoms with E-state index in [1.807, 2.05) is 26.8 Å². The lowest BCUT2D eigenvalue weighted by molar-refractivity contribution is -0.143. The van der Waals surface area contributed by atoms with Gasteiger partial charge in [-0.3, -0.25) is 9.59 Å². The molecule has 0 heterocycles. The van der Waals surface area contributed by atoms with E-state index in [4.69, 9.17) is 32.7 Å². The first kappa shape index (κ1) is 24.8. The highest BCUT2D eigenvalue weighted by Crippen LogP contribution is 2.28. The van der Waals surface area contributed by atoms with Gasteiger partial charge in [-0.05, 0) is 44.5 Å². The molecule has 0 aliphatic carbocycles. The molecule has 0 unspecified atom stereocenters. The van der Waals surface area contributed by atoms with Crippen molar-refractivity contribution in [1.82, 2.24) is 10.2 Å². The molecule has 1 atom stereocenters. The summed E-state index contributed by atoms with van der Waals surface area (Å²) in [7, 11) is 1.53. The monoisotopic (exact) mass is 466 g/mol. The first-order chi connectivity index (χ1) is 14.8. The minimum absolute atomic E-state index is 0.0627. The molecule has 0 aliphatic heterocycles. The van der Waals surface area contributed by atoms with Gasteiger partial charge in [0.2, 0.25) is 5.91 Å². The lowest BCUT2D eigenvalue weighted by Gasteiger charge is -2.31. The second-order valence-corrected chi connectivity index (χ2v) is 8.06. The summed E-state index contributed by atoms with van der Waals surface area (Å²) in [6, 6.07) is 11.4. The summed E-state index contributed by atoms with van der Waals surface area (Å²) in [5.41, 5.74) is 0.576. The van der Waals surface area contributed by atoms with Gasteiger partial charge in [0.05, 0.1) is 7.11 Å². The second kappa shape index (κ2) is 11.8. The van der Waals surface area contributed by atoms with Crippen LogP contribution >= 0.6 is 23.2 Å². The Labute approximate surface area is 193 Å². The van der Waals surface area contributed by atoms with Gasteiger partial charge in [-0.2, -0.15) is 0 Å². The summed E-state index contributed by atoms with van der Waals surface area (Å²) < 4.78 is 11.0. The van der Waals surface area contributed by atoms with Crippen LogP contribution in [0.3, 0.4) is 0 Å². The first-order valence-corrected chi connectivity index (χ1v) is 10.8. The van der Waals surface area contributed by atoms with Crippen molar-refractivity contribution in [2.75, 3.05) is 13.7 Å². The minimum Gasteiger partial charge on any atom is -0.493 e. The molecule has 2 aromatic carbocycles. The zero-order valence-electron chi connectivity index (χ0n) is 18.2. The Balaban J connectivity index is 2.31. The lowest BCUT2D eigenvalue weighted by atomic mass is 10.1. The highest BCUT2D eigenvalue weighted by atomic mass is 35.5. The van der Waals surface area contributed by atoms with Crippen molar-refractivity contribution in [1.29, 1.82) is 0 Å². The Morgan fingerprint density at radius 1 is 1.03 bits per heavy atom. The number of halogens is 2. The van der Waals surface area contributed by atoms with Gasteiger partial charge >= 0.3 is 0 Å². The van der Waals surface area contributed by atoms with E-state index in [-0.39, 0.29) is 31.0 Å². The Kier molecular flexibility index (Phi) is 9.46. The van der Waals surface area contributed by atoms with E-state index in [0.717, 1.165) is 0 Å². The van der Waals surface area contributed by atoms with E-state index in [1.165, 1.54) is 12.0 Å². The van der Waals surface area contributed by atoms with Crippen molar-refractivity contribution >= 4 is 35.0 Å². The molecule has 31 heavy (non-hydrogen) atoms. The molecule has 2 rings (SSSR count). The maximum Gasteiger partial charge on any atom is 0.261 e. The molecule has 2 amide bonds. The highest BCUT2D eigenvalue weighted by molar-refractivity contribution is 6.36. The van der Waals surface area contributed by atoms with E-state index in [2.05, 4.69) is 5.32 Å². The number of carbonyl (C=O) groups is 2. The number of methoxy groups -OCH3 is 1. The Bertz CT molecular complexity index is 885. The van der Waals surface area contributed by atoms with Gasteiger partial charge < -0.3 is 19.7 Å². The first-order valence-electron chi connectivity index (χ1n) is 10.1.